The molecule has 2 aromatic rings. The normalized spacial score (nSPS) is 12.4. The Morgan fingerprint density at radius 2 is 2.15 bits per heavy atom. The number of aryl methyl sites for hydroxylation is 1. The zero-order chi connectivity index (χ0) is 14.5. The number of aromatic nitrogens is 3. The van der Waals surface area contributed by atoms with Crippen molar-refractivity contribution in [2.75, 3.05) is 13.7 Å². The van der Waals surface area contributed by atoms with Crippen molar-refractivity contribution in [2.45, 2.75) is 26.4 Å². The van der Waals surface area contributed by atoms with Crippen molar-refractivity contribution in [1.82, 2.24) is 20.1 Å². The van der Waals surface area contributed by atoms with Crippen molar-refractivity contribution < 1.29 is 4.74 Å². The second-order valence-corrected chi connectivity index (χ2v) is 5.26. The van der Waals surface area contributed by atoms with Gasteiger partial charge in [0.2, 0.25) is 0 Å². The maximum absolute atomic E-state index is 5.45. The average molecular weight is 339 g/mol. The molecule has 1 atom stereocenters. The van der Waals surface area contributed by atoms with Gasteiger partial charge in [-0.2, -0.15) is 5.10 Å². The molecule has 0 fully saturated rings. The SMILES string of the molecule is CCNC(c1cncc(Br)c1)c1c(OC)cnn1CC. The summed E-state index contributed by atoms with van der Waals surface area (Å²) in [4.78, 5) is 4.25. The Balaban J connectivity index is 2.50. The molecule has 0 aromatic carbocycles. The van der Waals surface area contributed by atoms with Gasteiger partial charge in [0.05, 0.1) is 19.3 Å². The minimum Gasteiger partial charge on any atom is -0.493 e. The molecule has 0 aliphatic heterocycles. The molecular weight excluding hydrogens is 320 g/mol. The molecular formula is C14H19BrN4O. The summed E-state index contributed by atoms with van der Waals surface area (Å²) >= 11 is 3.47. The highest BCUT2D eigenvalue weighted by molar-refractivity contribution is 9.10. The van der Waals surface area contributed by atoms with Gasteiger partial charge in [-0.1, -0.05) is 6.92 Å². The molecule has 0 spiro atoms. The molecule has 20 heavy (non-hydrogen) atoms. The first-order valence-corrected chi connectivity index (χ1v) is 7.44. The van der Waals surface area contributed by atoms with Crippen LogP contribution in [0.1, 0.15) is 31.1 Å². The van der Waals surface area contributed by atoms with Gasteiger partial charge in [0.25, 0.3) is 0 Å². The summed E-state index contributed by atoms with van der Waals surface area (Å²) in [7, 11) is 1.67. The lowest BCUT2D eigenvalue weighted by molar-refractivity contribution is 0.399. The molecule has 6 heteroatoms. The van der Waals surface area contributed by atoms with Crippen LogP contribution in [-0.4, -0.2) is 28.4 Å². The molecule has 1 N–H and O–H groups in total. The highest BCUT2D eigenvalue weighted by atomic mass is 79.9. The number of hydrogen-bond donors (Lipinski definition) is 1. The third-order valence-corrected chi connectivity index (χ3v) is 3.54. The summed E-state index contributed by atoms with van der Waals surface area (Å²) in [6.07, 6.45) is 5.40. The van der Waals surface area contributed by atoms with E-state index in [-0.39, 0.29) is 6.04 Å². The van der Waals surface area contributed by atoms with Crippen LogP contribution in [0.5, 0.6) is 5.75 Å². The van der Waals surface area contributed by atoms with Gasteiger partial charge in [0, 0.05) is 23.4 Å². The van der Waals surface area contributed by atoms with E-state index in [0.29, 0.717) is 0 Å². The number of hydrogen-bond acceptors (Lipinski definition) is 4. The molecule has 0 saturated heterocycles. The summed E-state index contributed by atoms with van der Waals surface area (Å²) in [5, 5.41) is 7.85. The van der Waals surface area contributed by atoms with Crippen LogP contribution in [0, 0.1) is 0 Å². The van der Waals surface area contributed by atoms with Gasteiger partial charge in [0.15, 0.2) is 5.75 Å². The fraction of sp³-hybridized carbons (Fsp3) is 0.429. The van der Waals surface area contributed by atoms with E-state index in [1.54, 1.807) is 19.5 Å². The van der Waals surface area contributed by atoms with E-state index in [2.05, 4.69) is 51.2 Å². The van der Waals surface area contributed by atoms with Gasteiger partial charge in [-0.05, 0) is 41.0 Å². The van der Waals surface area contributed by atoms with E-state index in [4.69, 9.17) is 4.74 Å². The number of nitrogens with one attached hydrogen (secondary N) is 1. The van der Waals surface area contributed by atoms with E-state index < -0.39 is 0 Å². The van der Waals surface area contributed by atoms with Crippen LogP contribution in [0.25, 0.3) is 0 Å². The molecule has 0 aliphatic rings. The lowest BCUT2D eigenvalue weighted by Gasteiger charge is -2.20. The summed E-state index contributed by atoms with van der Waals surface area (Å²) in [5.74, 6) is 0.790. The van der Waals surface area contributed by atoms with Crippen LogP contribution in [-0.2, 0) is 6.54 Å². The smallest absolute Gasteiger partial charge is 0.161 e. The predicted octanol–water partition coefficient (Wildman–Crippen LogP) is 2.77. The standard InChI is InChI=1S/C14H19BrN4O/c1-4-17-13(10-6-11(15)8-16-7-10)14-12(20-3)9-18-19(14)5-2/h6-9,13,17H,4-5H2,1-3H3. The molecule has 2 rings (SSSR count). The van der Waals surface area contributed by atoms with Crippen LogP contribution in [0.15, 0.2) is 29.1 Å². The van der Waals surface area contributed by atoms with Crippen LogP contribution in [0.3, 0.4) is 0 Å². The van der Waals surface area contributed by atoms with Crippen molar-refractivity contribution in [3.63, 3.8) is 0 Å². The quantitative estimate of drug-likeness (QED) is 0.879. The van der Waals surface area contributed by atoms with Crippen molar-refractivity contribution >= 4 is 15.9 Å². The Bertz CT molecular complexity index is 549. The van der Waals surface area contributed by atoms with Gasteiger partial charge in [-0.15, -0.1) is 0 Å². The molecule has 0 saturated carbocycles. The zero-order valence-corrected chi connectivity index (χ0v) is 13.5. The lowest BCUT2D eigenvalue weighted by Crippen LogP contribution is -2.25. The number of pyridine rings is 1. The van der Waals surface area contributed by atoms with Gasteiger partial charge in [-0.3, -0.25) is 9.67 Å². The van der Waals surface area contributed by atoms with Crippen molar-refractivity contribution in [2.24, 2.45) is 0 Å². The molecule has 0 radical (unpaired) electrons. The first-order chi connectivity index (χ1) is 9.71. The van der Waals surface area contributed by atoms with Crippen LogP contribution in [0.2, 0.25) is 0 Å². The van der Waals surface area contributed by atoms with Gasteiger partial charge < -0.3 is 10.1 Å². The fourth-order valence-electron chi connectivity index (χ4n) is 2.24. The first-order valence-electron chi connectivity index (χ1n) is 6.64. The minimum atomic E-state index is 0.00222. The highest BCUT2D eigenvalue weighted by Gasteiger charge is 2.23. The van der Waals surface area contributed by atoms with Crippen molar-refractivity contribution in [1.29, 1.82) is 0 Å². The number of halogens is 1. The third-order valence-electron chi connectivity index (χ3n) is 3.11. The monoisotopic (exact) mass is 338 g/mol. The zero-order valence-electron chi connectivity index (χ0n) is 11.9. The summed E-state index contributed by atoms with van der Waals surface area (Å²) < 4.78 is 8.36. The van der Waals surface area contributed by atoms with E-state index in [0.717, 1.165) is 34.6 Å². The minimum absolute atomic E-state index is 0.00222. The molecule has 0 amide bonds. The summed E-state index contributed by atoms with van der Waals surface area (Å²) in [5.41, 5.74) is 2.10. The Morgan fingerprint density at radius 1 is 1.35 bits per heavy atom. The van der Waals surface area contributed by atoms with Crippen molar-refractivity contribution in [3.05, 3.63) is 40.4 Å². The summed E-state index contributed by atoms with van der Waals surface area (Å²) in [6.45, 7) is 5.78. The number of methoxy groups -OCH3 is 1. The van der Waals surface area contributed by atoms with E-state index in [1.807, 2.05) is 10.9 Å². The maximum atomic E-state index is 5.45. The molecule has 0 aliphatic carbocycles. The Hall–Kier alpha value is -1.40. The molecule has 1 unspecified atom stereocenters. The predicted molar refractivity (Wildman–Crippen MR) is 81.9 cm³/mol. The third kappa shape index (κ3) is 3.02. The second kappa shape index (κ2) is 6.85. The molecule has 108 valence electrons. The largest absolute Gasteiger partial charge is 0.493 e. The topological polar surface area (TPSA) is 52.0 Å². The van der Waals surface area contributed by atoms with E-state index >= 15 is 0 Å². The Morgan fingerprint density at radius 3 is 2.75 bits per heavy atom. The average Bonchev–Trinajstić information content (AvgIpc) is 2.87. The van der Waals surface area contributed by atoms with Crippen LogP contribution >= 0.6 is 15.9 Å². The number of nitrogens with zero attached hydrogens (tertiary/aromatic N) is 3. The highest BCUT2D eigenvalue weighted by Crippen LogP contribution is 2.30. The molecule has 2 aromatic heterocycles. The number of rotatable bonds is 6. The molecule has 5 nitrogen and oxygen atoms in total. The van der Waals surface area contributed by atoms with E-state index in [9.17, 15) is 0 Å². The van der Waals surface area contributed by atoms with Gasteiger partial charge in [0.1, 0.15) is 5.69 Å². The molecule has 2 heterocycles. The maximum Gasteiger partial charge on any atom is 0.161 e. The Labute approximate surface area is 127 Å². The lowest BCUT2D eigenvalue weighted by atomic mass is 10.1. The Kier molecular flexibility index (Phi) is 5.14. The van der Waals surface area contributed by atoms with Crippen LogP contribution < -0.4 is 10.1 Å². The number of ether oxygens (including phenoxy) is 1. The molecule has 0 bridgehead atoms. The summed E-state index contributed by atoms with van der Waals surface area (Å²) in [6, 6.07) is 2.06. The second-order valence-electron chi connectivity index (χ2n) is 4.34. The van der Waals surface area contributed by atoms with Crippen LogP contribution in [0.4, 0.5) is 0 Å². The van der Waals surface area contributed by atoms with Gasteiger partial charge >= 0.3 is 0 Å². The van der Waals surface area contributed by atoms with Crippen molar-refractivity contribution in [3.8, 4) is 5.75 Å². The first kappa shape index (κ1) is 15.0. The fourth-order valence-corrected chi connectivity index (χ4v) is 2.62. The van der Waals surface area contributed by atoms with E-state index in [1.165, 1.54) is 0 Å². The van der Waals surface area contributed by atoms with Gasteiger partial charge in [-0.25, -0.2) is 0 Å².